The summed E-state index contributed by atoms with van der Waals surface area (Å²) >= 11 is 0. The third-order valence-corrected chi connectivity index (χ3v) is 3.84. The van der Waals surface area contributed by atoms with Gasteiger partial charge in [0.2, 0.25) is 0 Å². The molecular formula is C14H31N3. The molecule has 0 bridgehead atoms. The SMILES string of the molecule is CCNCCCCCN(C)C1CCCN(C)C1. The Bertz CT molecular complexity index is 184. The molecule has 102 valence electrons. The Morgan fingerprint density at radius 3 is 2.82 bits per heavy atom. The van der Waals surface area contributed by atoms with Gasteiger partial charge in [0.25, 0.3) is 0 Å². The van der Waals surface area contributed by atoms with E-state index in [9.17, 15) is 0 Å². The van der Waals surface area contributed by atoms with Crippen molar-refractivity contribution in [3.8, 4) is 0 Å². The van der Waals surface area contributed by atoms with Crippen LogP contribution >= 0.6 is 0 Å². The number of likely N-dealkylation sites (N-methyl/N-ethyl adjacent to an activating group) is 2. The molecule has 1 N–H and O–H groups in total. The molecule has 0 aromatic rings. The smallest absolute Gasteiger partial charge is 0.0220 e. The zero-order chi connectivity index (χ0) is 12.5. The standard InChI is InChI=1S/C14H31N3/c1-4-15-10-6-5-7-12-17(3)14-9-8-11-16(2)13-14/h14-15H,4-13H2,1-3H3. The molecule has 1 unspecified atom stereocenters. The summed E-state index contributed by atoms with van der Waals surface area (Å²) in [5.41, 5.74) is 0. The van der Waals surface area contributed by atoms with Gasteiger partial charge in [0.15, 0.2) is 0 Å². The van der Waals surface area contributed by atoms with Crippen LogP contribution in [0.1, 0.15) is 39.0 Å². The summed E-state index contributed by atoms with van der Waals surface area (Å²) < 4.78 is 0. The van der Waals surface area contributed by atoms with Crippen LogP contribution in [0.5, 0.6) is 0 Å². The number of nitrogens with zero attached hydrogens (tertiary/aromatic N) is 2. The van der Waals surface area contributed by atoms with E-state index >= 15 is 0 Å². The number of piperidine rings is 1. The maximum absolute atomic E-state index is 3.39. The quantitative estimate of drug-likeness (QED) is 0.654. The van der Waals surface area contributed by atoms with Crippen molar-refractivity contribution >= 4 is 0 Å². The Kier molecular flexibility index (Phi) is 7.82. The molecule has 0 aliphatic carbocycles. The van der Waals surface area contributed by atoms with Crippen molar-refractivity contribution < 1.29 is 0 Å². The van der Waals surface area contributed by atoms with E-state index in [-0.39, 0.29) is 0 Å². The minimum absolute atomic E-state index is 0.794. The van der Waals surface area contributed by atoms with Gasteiger partial charge in [-0.3, -0.25) is 0 Å². The van der Waals surface area contributed by atoms with E-state index in [2.05, 4.69) is 36.1 Å². The molecule has 3 nitrogen and oxygen atoms in total. The number of hydrogen-bond acceptors (Lipinski definition) is 3. The molecule has 1 heterocycles. The van der Waals surface area contributed by atoms with E-state index in [0.717, 1.165) is 12.6 Å². The number of nitrogens with one attached hydrogen (secondary N) is 1. The van der Waals surface area contributed by atoms with Gasteiger partial charge in [-0.15, -0.1) is 0 Å². The molecule has 1 rings (SSSR count). The molecule has 0 aromatic carbocycles. The highest BCUT2D eigenvalue weighted by molar-refractivity contribution is 4.77. The largest absolute Gasteiger partial charge is 0.317 e. The molecule has 1 aliphatic heterocycles. The fraction of sp³-hybridized carbons (Fsp3) is 1.00. The Balaban J connectivity index is 2.02. The third-order valence-electron chi connectivity index (χ3n) is 3.84. The lowest BCUT2D eigenvalue weighted by Crippen LogP contribution is -2.45. The molecule has 3 heteroatoms. The molecule has 1 atom stereocenters. The number of unbranched alkanes of at least 4 members (excludes halogenated alkanes) is 2. The highest BCUT2D eigenvalue weighted by Gasteiger charge is 2.20. The average molecular weight is 241 g/mol. The Morgan fingerprint density at radius 2 is 2.12 bits per heavy atom. The lowest BCUT2D eigenvalue weighted by atomic mass is 10.0. The fourth-order valence-corrected chi connectivity index (χ4v) is 2.65. The predicted molar refractivity (Wildman–Crippen MR) is 75.5 cm³/mol. The monoisotopic (exact) mass is 241 g/mol. The molecule has 0 saturated carbocycles. The van der Waals surface area contributed by atoms with E-state index in [1.54, 1.807) is 0 Å². The molecule has 1 saturated heterocycles. The van der Waals surface area contributed by atoms with Crippen LogP contribution in [0.2, 0.25) is 0 Å². The molecule has 0 radical (unpaired) electrons. The van der Waals surface area contributed by atoms with Crippen molar-refractivity contribution in [3.63, 3.8) is 0 Å². The van der Waals surface area contributed by atoms with Gasteiger partial charge >= 0.3 is 0 Å². The van der Waals surface area contributed by atoms with E-state index in [0.29, 0.717) is 0 Å². The summed E-state index contributed by atoms with van der Waals surface area (Å²) in [5.74, 6) is 0. The third kappa shape index (κ3) is 6.39. The van der Waals surface area contributed by atoms with Crippen LogP contribution in [0.4, 0.5) is 0 Å². The van der Waals surface area contributed by atoms with E-state index in [1.165, 1.54) is 58.3 Å². The van der Waals surface area contributed by atoms with E-state index in [4.69, 9.17) is 0 Å². The first-order valence-corrected chi connectivity index (χ1v) is 7.33. The molecule has 0 aromatic heterocycles. The molecular weight excluding hydrogens is 210 g/mol. The van der Waals surface area contributed by atoms with E-state index < -0.39 is 0 Å². The molecule has 1 aliphatic rings. The predicted octanol–water partition coefficient (Wildman–Crippen LogP) is 1.79. The van der Waals surface area contributed by atoms with Gasteiger partial charge in [-0.25, -0.2) is 0 Å². The van der Waals surface area contributed by atoms with Gasteiger partial charge in [0.05, 0.1) is 0 Å². The van der Waals surface area contributed by atoms with Crippen molar-refractivity contribution in [1.29, 1.82) is 0 Å². The lowest BCUT2D eigenvalue weighted by molar-refractivity contribution is 0.133. The van der Waals surface area contributed by atoms with Crippen LogP contribution in [0.25, 0.3) is 0 Å². The fourth-order valence-electron chi connectivity index (χ4n) is 2.65. The molecule has 17 heavy (non-hydrogen) atoms. The molecule has 1 fully saturated rings. The Hall–Kier alpha value is -0.120. The summed E-state index contributed by atoms with van der Waals surface area (Å²) in [6, 6.07) is 0.794. The van der Waals surface area contributed by atoms with Crippen molar-refractivity contribution in [1.82, 2.24) is 15.1 Å². The average Bonchev–Trinajstić information content (AvgIpc) is 2.33. The second-order valence-electron chi connectivity index (χ2n) is 5.45. The van der Waals surface area contributed by atoms with Gasteiger partial charge in [-0.05, 0) is 66.0 Å². The molecule has 0 amide bonds. The second-order valence-corrected chi connectivity index (χ2v) is 5.45. The lowest BCUT2D eigenvalue weighted by Gasteiger charge is -2.35. The van der Waals surface area contributed by atoms with Crippen LogP contribution in [-0.4, -0.2) is 62.7 Å². The summed E-state index contributed by atoms with van der Waals surface area (Å²) in [5, 5.41) is 3.39. The summed E-state index contributed by atoms with van der Waals surface area (Å²) in [6.07, 6.45) is 6.79. The van der Waals surface area contributed by atoms with Crippen molar-refractivity contribution in [3.05, 3.63) is 0 Å². The van der Waals surface area contributed by atoms with Crippen molar-refractivity contribution in [2.75, 3.05) is 46.8 Å². The first-order valence-electron chi connectivity index (χ1n) is 7.33. The van der Waals surface area contributed by atoms with Gasteiger partial charge < -0.3 is 15.1 Å². The summed E-state index contributed by atoms with van der Waals surface area (Å²) in [7, 11) is 4.55. The van der Waals surface area contributed by atoms with Crippen molar-refractivity contribution in [2.24, 2.45) is 0 Å². The molecule has 0 spiro atoms. The minimum atomic E-state index is 0.794. The van der Waals surface area contributed by atoms with Crippen LogP contribution in [-0.2, 0) is 0 Å². The van der Waals surface area contributed by atoms with Crippen molar-refractivity contribution in [2.45, 2.75) is 45.1 Å². The van der Waals surface area contributed by atoms with Gasteiger partial charge in [0.1, 0.15) is 0 Å². The van der Waals surface area contributed by atoms with Gasteiger partial charge in [-0.2, -0.15) is 0 Å². The topological polar surface area (TPSA) is 18.5 Å². The van der Waals surface area contributed by atoms with E-state index in [1.807, 2.05) is 0 Å². The summed E-state index contributed by atoms with van der Waals surface area (Å²) in [6.45, 7) is 8.28. The number of likely N-dealkylation sites (tertiary alicyclic amines) is 1. The second kappa shape index (κ2) is 8.90. The first kappa shape index (κ1) is 14.9. The van der Waals surface area contributed by atoms with Gasteiger partial charge in [0, 0.05) is 12.6 Å². The normalized spacial score (nSPS) is 22.2. The number of rotatable bonds is 8. The summed E-state index contributed by atoms with van der Waals surface area (Å²) in [4.78, 5) is 5.04. The first-order chi connectivity index (χ1) is 8.24. The maximum Gasteiger partial charge on any atom is 0.0220 e. The van der Waals surface area contributed by atoms with Crippen LogP contribution in [0.15, 0.2) is 0 Å². The van der Waals surface area contributed by atoms with Crippen LogP contribution < -0.4 is 5.32 Å². The zero-order valence-electron chi connectivity index (χ0n) is 12.0. The maximum atomic E-state index is 3.39. The Morgan fingerprint density at radius 1 is 1.29 bits per heavy atom. The number of hydrogen-bond donors (Lipinski definition) is 1. The van der Waals surface area contributed by atoms with Gasteiger partial charge in [-0.1, -0.05) is 13.3 Å². The highest BCUT2D eigenvalue weighted by Crippen LogP contribution is 2.13. The van der Waals surface area contributed by atoms with Crippen LogP contribution in [0, 0.1) is 0 Å². The van der Waals surface area contributed by atoms with Crippen LogP contribution in [0.3, 0.4) is 0 Å². The minimum Gasteiger partial charge on any atom is -0.317 e. The Labute approximate surface area is 108 Å². The zero-order valence-corrected chi connectivity index (χ0v) is 12.0. The highest BCUT2D eigenvalue weighted by atomic mass is 15.2.